The van der Waals surface area contributed by atoms with Crippen molar-refractivity contribution in [2.75, 3.05) is 25.1 Å². The van der Waals surface area contributed by atoms with E-state index in [0.29, 0.717) is 36.4 Å². The molecule has 1 saturated heterocycles. The number of alkyl halides is 3. The number of piperidine rings is 1. The summed E-state index contributed by atoms with van der Waals surface area (Å²) in [7, 11) is 1.57. The molecule has 28 heavy (non-hydrogen) atoms. The minimum absolute atomic E-state index is 0. The summed E-state index contributed by atoms with van der Waals surface area (Å²) in [5, 5.41) is 7.14. The number of aromatic nitrogens is 4. The molecule has 0 spiro atoms. The van der Waals surface area contributed by atoms with Crippen molar-refractivity contribution in [2.45, 2.75) is 24.7 Å². The molecule has 7 nitrogen and oxygen atoms in total. The van der Waals surface area contributed by atoms with E-state index in [2.05, 4.69) is 20.2 Å². The third kappa shape index (κ3) is 3.29. The minimum Gasteiger partial charge on any atom is -0.378 e. The number of nitrogens with two attached hydrogens (primary N) is 1. The summed E-state index contributed by atoms with van der Waals surface area (Å²) in [5.41, 5.74) is 5.53. The van der Waals surface area contributed by atoms with E-state index < -0.39 is 11.7 Å². The van der Waals surface area contributed by atoms with E-state index in [9.17, 15) is 13.2 Å². The van der Waals surface area contributed by atoms with Gasteiger partial charge < -0.3 is 15.4 Å². The number of halogens is 3. The number of aromatic amines is 1. The van der Waals surface area contributed by atoms with E-state index in [0.717, 1.165) is 6.07 Å². The molecule has 0 unspecified atom stereocenters. The Morgan fingerprint density at radius 2 is 2.14 bits per heavy atom. The van der Waals surface area contributed by atoms with Gasteiger partial charge in [0.2, 0.25) is 0 Å². The molecule has 1 aliphatic rings. The van der Waals surface area contributed by atoms with Crippen LogP contribution in [0.25, 0.3) is 22.4 Å². The van der Waals surface area contributed by atoms with Gasteiger partial charge in [-0.25, -0.2) is 9.97 Å². The van der Waals surface area contributed by atoms with Crippen LogP contribution in [-0.2, 0) is 10.9 Å². The van der Waals surface area contributed by atoms with Crippen molar-refractivity contribution in [3.63, 3.8) is 0 Å². The largest absolute Gasteiger partial charge is 0.418 e. The van der Waals surface area contributed by atoms with Crippen molar-refractivity contribution >= 4 is 16.9 Å². The van der Waals surface area contributed by atoms with Crippen molar-refractivity contribution in [3.05, 3.63) is 36.0 Å². The molecular weight excluding hydrogens is 373 g/mol. The number of rotatable bonds is 3. The van der Waals surface area contributed by atoms with Gasteiger partial charge in [0.05, 0.1) is 17.4 Å². The lowest BCUT2D eigenvalue weighted by Gasteiger charge is -2.36. The van der Waals surface area contributed by atoms with Gasteiger partial charge in [-0.2, -0.15) is 18.3 Å². The molecule has 2 atom stereocenters. The van der Waals surface area contributed by atoms with E-state index in [-0.39, 0.29) is 25.0 Å². The zero-order valence-corrected chi connectivity index (χ0v) is 15.1. The number of anilines is 1. The Morgan fingerprint density at radius 1 is 1.32 bits per heavy atom. The normalized spacial score (nSPS) is 20.7. The lowest BCUT2D eigenvalue weighted by Crippen LogP contribution is -2.51. The van der Waals surface area contributed by atoms with Crippen LogP contribution >= 0.6 is 0 Å². The first kappa shape index (κ1) is 18.6. The topological polar surface area (TPSA) is 93.0 Å². The number of H-pyrrole nitrogens is 1. The third-order valence-electron chi connectivity index (χ3n) is 4.99. The Balaban J connectivity index is 0.00000240. The van der Waals surface area contributed by atoms with E-state index in [1.165, 1.54) is 12.3 Å². The number of hydrogen-bond donors (Lipinski definition) is 2. The molecule has 4 rings (SSSR count). The molecule has 1 aliphatic heterocycles. The lowest BCUT2D eigenvalue weighted by molar-refractivity contribution is -0.137. The standard InChI is InChI=1S/C18H19F3N6O.H2/c1-28-13-9-27(8-6-12(13)22)14-5-4-11(18(19,20)21)16(24-14)15-10-3-2-7-23-17(10)26-25-15;/h2-5,7,12-13H,6,8-9,22H2,1H3,(H,23,25,26);1H/t12-,13+;/m1./s1. The number of hydrogen-bond acceptors (Lipinski definition) is 6. The average molecular weight is 394 g/mol. The molecule has 0 bridgehead atoms. The fourth-order valence-corrected chi connectivity index (χ4v) is 3.47. The maximum atomic E-state index is 13.6. The summed E-state index contributed by atoms with van der Waals surface area (Å²) in [6, 6.07) is 5.63. The zero-order chi connectivity index (χ0) is 19.9. The van der Waals surface area contributed by atoms with Gasteiger partial charge in [0, 0.05) is 39.3 Å². The summed E-state index contributed by atoms with van der Waals surface area (Å²) >= 11 is 0. The molecule has 10 heteroatoms. The van der Waals surface area contributed by atoms with Gasteiger partial charge in [-0.15, -0.1) is 0 Å². The molecule has 0 amide bonds. The maximum absolute atomic E-state index is 13.6. The Kier molecular flexibility index (Phi) is 4.68. The van der Waals surface area contributed by atoms with Crippen molar-refractivity contribution in [1.29, 1.82) is 0 Å². The van der Waals surface area contributed by atoms with Gasteiger partial charge in [-0.05, 0) is 30.7 Å². The molecule has 3 aromatic rings. The van der Waals surface area contributed by atoms with E-state index in [4.69, 9.17) is 10.5 Å². The molecule has 4 heterocycles. The number of nitrogens with zero attached hydrogens (tertiary/aromatic N) is 4. The highest BCUT2D eigenvalue weighted by Crippen LogP contribution is 2.38. The molecule has 0 radical (unpaired) electrons. The van der Waals surface area contributed by atoms with Crippen LogP contribution in [0.2, 0.25) is 0 Å². The number of nitrogens with one attached hydrogen (secondary N) is 1. The minimum atomic E-state index is -4.56. The van der Waals surface area contributed by atoms with Crippen molar-refractivity contribution in [1.82, 2.24) is 20.2 Å². The Hall–Kier alpha value is -2.72. The van der Waals surface area contributed by atoms with Gasteiger partial charge in [0.1, 0.15) is 11.5 Å². The maximum Gasteiger partial charge on any atom is 0.418 e. The molecule has 0 aromatic carbocycles. The van der Waals surface area contributed by atoms with Crippen LogP contribution < -0.4 is 10.6 Å². The summed E-state index contributed by atoms with van der Waals surface area (Å²) in [4.78, 5) is 10.3. The van der Waals surface area contributed by atoms with Gasteiger partial charge in [0.25, 0.3) is 0 Å². The van der Waals surface area contributed by atoms with Crippen LogP contribution in [0.1, 0.15) is 13.4 Å². The highest BCUT2D eigenvalue weighted by Gasteiger charge is 2.36. The fourth-order valence-electron chi connectivity index (χ4n) is 3.47. The molecule has 0 saturated carbocycles. The Labute approximate surface area is 160 Å². The second-order valence-corrected chi connectivity index (χ2v) is 6.71. The van der Waals surface area contributed by atoms with Gasteiger partial charge >= 0.3 is 6.18 Å². The summed E-state index contributed by atoms with van der Waals surface area (Å²) in [6.07, 6.45) is -2.57. The SMILES string of the molecule is CO[C@H]1CN(c2ccc(C(F)(F)F)c(-c3[nH]nc4ncccc34)n2)CC[C@H]1N.[HH]. The lowest BCUT2D eigenvalue weighted by atomic mass is 10.0. The van der Waals surface area contributed by atoms with Crippen LogP contribution in [0.5, 0.6) is 0 Å². The number of ether oxygens (including phenoxy) is 1. The molecule has 0 aliphatic carbocycles. The van der Waals surface area contributed by atoms with Crippen molar-refractivity contribution < 1.29 is 19.3 Å². The average Bonchev–Trinajstić information content (AvgIpc) is 3.11. The molecule has 3 aromatic heterocycles. The molecule has 1 fully saturated rings. The smallest absolute Gasteiger partial charge is 0.378 e. The molecular formula is C18H21F3N6O. The first-order chi connectivity index (χ1) is 13.4. The highest BCUT2D eigenvalue weighted by molar-refractivity contribution is 5.90. The van der Waals surface area contributed by atoms with Crippen LogP contribution in [0.4, 0.5) is 19.0 Å². The summed E-state index contributed by atoms with van der Waals surface area (Å²) in [5.74, 6) is 0.434. The zero-order valence-electron chi connectivity index (χ0n) is 15.1. The first-order valence-electron chi connectivity index (χ1n) is 8.79. The first-order valence-corrected chi connectivity index (χ1v) is 8.79. The van der Waals surface area contributed by atoms with E-state index in [1.54, 1.807) is 19.2 Å². The van der Waals surface area contributed by atoms with Gasteiger partial charge in [-0.1, -0.05) is 0 Å². The highest BCUT2D eigenvalue weighted by atomic mass is 19.4. The van der Waals surface area contributed by atoms with Gasteiger partial charge in [0.15, 0.2) is 5.65 Å². The third-order valence-corrected chi connectivity index (χ3v) is 4.99. The predicted octanol–water partition coefficient (Wildman–Crippen LogP) is 2.84. The summed E-state index contributed by atoms with van der Waals surface area (Å²) in [6.45, 7) is 1.05. The summed E-state index contributed by atoms with van der Waals surface area (Å²) < 4.78 is 46.3. The quantitative estimate of drug-likeness (QED) is 0.710. The van der Waals surface area contributed by atoms with Crippen molar-refractivity contribution in [3.8, 4) is 11.4 Å². The predicted molar refractivity (Wildman–Crippen MR) is 99.8 cm³/mol. The van der Waals surface area contributed by atoms with Gasteiger partial charge in [-0.3, -0.25) is 5.10 Å². The second kappa shape index (κ2) is 7.02. The van der Waals surface area contributed by atoms with Crippen molar-refractivity contribution in [2.24, 2.45) is 5.73 Å². The van der Waals surface area contributed by atoms with Crippen LogP contribution in [0.15, 0.2) is 30.5 Å². The van der Waals surface area contributed by atoms with Crippen LogP contribution in [0, 0.1) is 0 Å². The van der Waals surface area contributed by atoms with Crippen LogP contribution in [-0.4, -0.2) is 52.5 Å². The number of fused-ring (bicyclic) bond motifs is 1. The number of pyridine rings is 2. The fraction of sp³-hybridized carbons (Fsp3) is 0.389. The second-order valence-electron chi connectivity index (χ2n) is 6.71. The Bertz CT molecular complexity index is 995. The number of methoxy groups -OCH3 is 1. The van der Waals surface area contributed by atoms with E-state index >= 15 is 0 Å². The monoisotopic (exact) mass is 394 g/mol. The molecule has 150 valence electrons. The Morgan fingerprint density at radius 3 is 2.89 bits per heavy atom. The molecule has 3 N–H and O–H groups in total. The van der Waals surface area contributed by atoms with E-state index in [1.807, 2.05) is 4.90 Å². The van der Waals surface area contributed by atoms with Crippen LogP contribution in [0.3, 0.4) is 0 Å².